The molecule has 1 aliphatic heterocycles. The third-order valence-corrected chi connectivity index (χ3v) is 2.16. The molecule has 2 nitrogen and oxygen atoms in total. The van der Waals surface area contributed by atoms with Gasteiger partial charge in [0, 0.05) is 0 Å². The van der Waals surface area contributed by atoms with Crippen molar-refractivity contribution in [1.82, 2.24) is 0 Å². The second-order valence-electron chi connectivity index (χ2n) is 3.87. The number of hydrogen-bond donors (Lipinski definition) is 0. The molecule has 0 saturated carbocycles. The minimum absolute atomic E-state index is 0.301. The van der Waals surface area contributed by atoms with Crippen molar-refractivity contribution >= 4 is 0 Å². The molecule has 1 unspecified atom stereocenters. The van der Waals surface area contributed by atoms with Crippen LogP contribution in [0.3, 0.4) is 0 Å². The molecule has 11 heavy (non-hydrogen) atoms. The molecule has 0 aromatic rings. The van der Waals surface area contributed by atoms with Crippen LogP contribution in [0.25, 0.3) is 0 Å². The summed E-state index contributed by atoms with van der Waals surface area (Å²) in [6.45, 7) is 9.18. The zero-order chi connectivity index (χ0) is 8.43. The van der Waals surface area contributed by atoms with Crippen LogP contribution in [0.2, 0.25) is 0 Å². The van der Waals surface area contributed by atoms with Crippen LogP contribution in [0.1, 0.15) is 27.7 Å². The van der Waals surface area contributed by atoms with Crippen LogP contribution < -0.4 is 0 Å². The fourth-order valence-electron chi connectivity index (χ4n) is 1.53. The SMILES string of the molecule is CC(C)C1OCO[C@H]1C(C)C. The zero-order valence-corrected chi connectivity index (χ0v) is 7.83. The Hall–Kier alpha value is -0.0800. The van der Waals surface area contributed by atoms with Crippen molar-refractivity contribution in [3.63, 3.8) is 0 Å². The van der Waals surface area contributed by atoms with Gasteiger partial charge >= 0.3 is 0 Å². The summed E-state index contributed by atoms with van der Waals surface area (Å²) in [4.78, 5) is 0. The van der Waals surface area contributed by atoms with E-state index in [9.17, 15) is 0 Å². The summed E-state index contributed by atoms with van der Waals surface area (Å²) in [5, 5.41) is 0. The molecule has 2 heteroatoms. The minimum atomic E-state index is 0.301. The first-order valence-corrected chi connectivity index (χ1v) is 4.36. The molecule has 0 spiro atoms. The first kappa shape index (κ1) is 9.01. The van der Waals surface area contributed by atoms with Gasteiger partial charge in [-0.3, -0.25) is 0 Å². The predicted octanol–water partition coefficient (Wildman–Crippen LogP) is 2.04. The Morgan fingerprint density at radius 3 is 1.55 bits per heavy atom. The zero-order valence-electron chi connectivity index (χ0n) is 7.83. The summed E-state index contributed by atoms with van der Waals surface area (Å²) < 4.78 is 10.9. The Morgan fingerprint density at radius 2 is 1.27 bits per heavy atom. The summed E-state index contributed by atoms with van der Waals surface area (Å²) in [5.74, 6) is 1.12. The van der Waals surface area contributed by atoms with E-state index in [2.05, 4.69) is 27.7 Å². The molecule has 2 atom stereocenters. The number of hydrogen-bond acceptors (Lipinski definition) is 2. The standard InChI is InChI=1S/C9H18O2/c1-6(2)8-9(7(3)4)11-5-10-8/h6-9H,5H2,1-4H3/t8-,9?/m0/s1. The maximum Gasteiger partial charge on any atom is 0.147 e. The molecule has 1 heterocycles. The normalized spacial score (nSPS) is 32.2. The summed E-state index contributed by atoms with van der Waals surface area (Å²) in [6.07, 6.45) is 0.602. The summed E-state index contributed by atoms with van der Waals surface area (Å²) in [5.41, 5.74) is 0. The van der Waals surface area contributed by atoms with E-state index in [0.717, 1.165) is 0 Å². The Morgan fingerprint density at radius 1 is 0.909 bits per heavy atom. The Balaban J connectivity index is 2.51. The quantitative estimate of drug-likeness (QED) is 0.612. The molecule has 1 aliphatic rings. The first-order chi connectivity index (χ1) is 5.13. The van der Waals surface area contributed by atoms with Crippen molar-refractivity contribution in [1.29, 1.82) is 0 Å². The van der Waals surface area contributed by atoms with Crippen LogP contribution in [0.5, 0.6) is 0 Å². The molecule has 0 N–H and O–H groups in total. The molecule has 1 fully saturated rings. The van der Waals surface area contributed by atoms with E-state index >= 15 is 0 Å². The van der Waals surface area contributed by atoms with Gasteiger partial charge in [0.1, 0.15) is 6.79 Å². The van der Waals surface area contributed by atoms with Crippen LogP contribution in [-0.2, 0) is 9.47 Å². The summed E-state index contributed by atoms with van der Waals surface area (Å²) >= 11 is 0. The predicted molar refractivity (Wildman–Crippen MR) is 44.3 cm³/mol. The van der Waals surface area contributed by atoms with Crippen molar-refractivity contribution in [2.24, 2.45) is 11.8 Å². The van der Waals surface area contributed by atoms with Crippen molar-refractivity contribution in [2.45, 2.75) is 39.9 Å². The van der Waals surface area contributed by atoms with E-state index in [0.29, 0.717) is 30.8 Å². The van der Waals surface area contributed by atoms with Gasteiger partial charge in [-0.15, -0.1) is 0 Å². The minimum Gasteiger partial charge on any atom is -0.349 e. The van der Waals surface area contributed by atoms with Crippen molar-refractivity contribution in [3.05, 3.63) is 0 Å². The average molecular weight is 158 g/mol. The van der Waals surface area contributed by atoms with Gasteiger partial charge in [-0.2, -0.15) is 0 Å². The van der Waals surface area contributed by atoms with Gasteiger partial charge in [0.25, 0.3) is 0 Å². The van der Waals surface area contributed by atoms with Crippen LogP contribution in [-0.4, -0.2) is 19.0 Å². The van der Waals surface area contributed by atoms with Gasteiger partial charge in [0.2, 0.25) is 0 Å². The molecule has 0 aliphatic carbocycles. The van der Waals surface area contributed by atoms with E-state index in [1.54, 1.807) is 0 Å². The van der Waals surface area contributed by atoms with Crippen molar-refractivity contribution in [3.8, 4) is 0 Å². The highest BCUT2D eigenvalue weighted by Crippen LogP contribution is 2.25. The van der Waals surface area contributed by atoms with E-state index in [1.165, 1.54) is 0 Å². The van der Waals surface area contributed by atoms with Crippen LogP contribution in [0.4, 0.5) is 0 Å². The Kier molecular flexibility index (Phi) is 2.90. The lowest BCUT2D eigenvalue weighted by Crippen LogP contribution is -2.31. The van der Waals surface area contributed by atoms with Gasteiger partial charge in [-0.1, -0.05) is 27.7 Å². The van der Waals surface area contributed by atoms with E-state index in [4.69, 9.17) is 9.47 Å². The molecule has 1 rings (SSSR count). The van der Waals surface area contributed by atoms with E-state index in [1.807, 2.05) is 0 Å². The maximum absolute atomic E-state index is 5.47. The van der Waals surface area contributed by atoms with Gasteiger partial charge in [-0.25, -0.2) is 0 Å². The van der Waals surface area contributed by atoms with Crippen molar-refractivity contribution in [2.75, 3.05) is 6.79 Å². The third kappa shape index (κ3) is 1.94. The lowest BCUT2D eigenvalue weighted by Gasteiger charge is -2.22. The largest absolute Gasteiger partial charge is 0.349 e. The van der Waals surface area contributed by atoms with Gasteiger partial charge in [-0.05, 0) is 11.8 Å². The molecule has 0 amide bonds. The molecule has 0 radical (unpaired) electrons. The highest BCUT2D eigenvalue weighted by atomic mass is 16.7. The second-order valence-corrected chi connectivity index (χ2v) is 3.87. The third-order valence-electron chi connectivity index (χ3n) is 2.16. The monoisotopic (exact) mass is 158 g/mol. The Labute approximate surface area is 68.9 Å². The molecular weight excluding hydrogens is 140 g/mol. The number of ether oxygens (including phenoxy) is 2. The smallest absolute Gasteiger partial charge is 0.147 e. The van der Waals surface area contributed by atoms with Gasteiger partial charge in [0.15, 0.2) is 0 Å². The summed E-state index contributed by atoms with van der Waals surface area (Å²) in [7, 11) is 0. The highest BCUT2D eigenvalue weighted by molar-refractivity contribution is 4.79. The lowest BCUT2D eigenvalue weighted by molar-refractivity contribution is 0.0273. The fourth-order valence-corrected chi connectivity index (χ4v) is 1.53. The average Bonchev–Trinajstić information content (AvgIpc) is 2.32. The van der Waals surface area contributed by atoms with E-state index in [-0.39, 0.29) is 0 Å². The first-order valence-electron chi connectivity index (χ1n) is 4.36. The highest BCUT2D eigenvalue weighted by Gasteiger charge is 2.33. The van der Waals surface area contributed by atoms with Crippen LogP contribution in [0.15, 0.2) is 0 Å². The molecule has 0 aromatic carbocycles. The Bertz CT molecular complexity index is 107. The second kappa shape index (κ2) is 3.55. The number of rotatable bonds is 2. The van der Waals surface area contributed by atoms with Gasteiger partial charge in [0.05, 0.1) is 12.2 Å². The molecule has 0 bridgehead atoms. The van der Waals surface area contributed by atoms with Gasteiger partial charge < -0.3 is 9.47 Å². The molecular formula is C9H18O2. The van der Waals surface area contributed by atoms with Crippen molar-refractivity contribution < 1.29 is 9.47 Å². The van der Waals surface area contributed by atoms with Crippen LogP contribution >= 0.6 is 0 Å². The maximum atomic E-state index is 5.47. The van der Waals surface area contributed by atoms with E-state index < -0.39 is 0 Å². The molecule has 0 aromatic heterocycles. The molecule has 1 saturated heterocycles. The lowest BCUT2D eigenvalue weighted by atomic mass is 9.94. The topological polar surface area (TPSA) is 18.5 Å². The molecule has 66 valence electrons. The fraction of sp³-hybridized carbons (Fsp3) is 1.00. The summed E-state index contributed by atoms with van der Waals surface area (Å²) in [6, 6.07) is 0. The van der Waals surface area contributed by atoms with Crippen LogP contribution in [0, 0.1) is 11.8 Å².